The predicted octanol–water partition coefficient (Wildman–Crippen LogP) is 2.66. The normalized spacial score (nSPS) is 10.7. The molecule has 18 heavy (non-hydrogen) atoms. The molecule has 0 aliphatic rings. The third kappa shape index (κ3) is 3.05. The number of rotatable bonds is 3. The van der Waals surface area contributed by atoms with Gasteiger partial charge in [-0.15, -0.1) is 0 Å². The molecule has 2 aromatic rings. The van der Waals surface area contributed by atoms with Crippen LogP contribution in [0.1, 0.15) is 12.5 Å². The van der Waals surface area contributed by atoms with Gasteiger partial charge in [0.25, 0.3) is 0 Å². The van der Waals surface area contributed by atoms with Crippen molar-refractivity contribution in [3.8, 4) is 0 Å². The quantitative estimate of drug-likeness (QED) is 0.504. The Morgan fingerprint density at radius 2 is 2.00 bits per heavy atom. The molecule has 0 unspecified atom stereocenters. The van der Waals surface area contributed by atoms with Gasteiger partial charge in [-0.2, -0.15) is 5.10 Å². The highest BCUT2D eigenvalue weighted by atomic mass is 32.1. The molecule has 0 spiro atoms. The molecule has 0 radical (unpaired) electrons. The second-order valence-electron chi connectivity index (χ2n) is 3.80. The van der Waals surface area contributed by atoms with E-state index in [2.05, 4.69) is 34.0 Å². The van der Waals surface area contributed by atoms with Crippen LogP contribution in [0.2, 0.25) is 0 Å². The van der Waals surface area contributed by atoms with Crippen LogP contribution in [0, 0.1) is 0 Å². The number of hydrogen-bond acceptors (Lipinski definition) is 2. The average Bonchev–Trinajstić information content (AvgIpc) is 2.39. The number of thiocarbonyl (C=S) groups is 1. The molecular weight excluding hydrogens is 242 g/mol. The smallest absolute Gasteiger partial charge is 0.186 e. The van der Waals surface area contributed by atoms with Gasteiger partial charge in [0.05, 0.1) is 6.21 Å². The second-order valence-corrected chi connectivity index (χ2v) is 4.21. The molecule has 2 N–H and O–H groups in total. The maximum Gasteiger partial charge on any atom is 0.186 e. The summed E-state index contributed by atoms with van der Waals surface area (Å²) in [6.45, 7) is 2.78. The van der Waals surface area contributed by atoms with Crippen molar-refractivity contribution in [2.24, 2.45) is 5.10 Å². The van der Waals surface area contributed by atoms with Crippen molar-refractivity contribution >= 4 is 34.3 Å². The topological polar surface area (TPSA) is 36.4 Å². The summed E-state index contributed by atoms with van der Waals surface area (Å²) in [5.41, 5.74) is 3.86. The summed E-state index contributed by atoms with van der Waals surface area (Å²) in [6.07, 6.45) is 1.78. The van der Waals surface area contributed by atoms with Gasteiger partial charge in [-0.25, -0.2) is 0 Å². The van der Waals surface area contributed by atoms with E-state index in [1.165, 1.54) is 10.8 Å². The van der Waals surface area contributed by atoms with Gasteiger partial charge in [-0.3, -0.25) is 5.43 Å². The lowest BCUT2D eigenvalue weighted by Crippen LogP contribution is -2.31. The van der Waals surface area contributed by atoms with Crippen molar-refractivity contribution in [2.75, 3.05) is 6.54 Å². The fraction of sp³-hybridized carbons (Fsp3) is 0.143. The number of hydrogen-bond donors (Lipinski definition) is 2. The van der Waals surface area contributed by atoms with E-state index in [4.69, 9.17) is 12.2 Å². The predicted molar refractivity (Wildman–Crippen MR) is 81.0 cm³/mol. The molecule has 0 aliphatic heterocycles. The van der Waals surface area contributed by atoms with Crippen LogP contribution in [0.4, 0.5) is 0 Å². The molecule has 0 fully saturated rings. The maximum atomic E-state index is 5.03. The number of fused-ring (bicyclic) bond motifs is 1. The lowest BCUT2D eigenvalue weighted by molar-refractivity contribution is 0.904. The molecule has 0 heterocycles. The minimum atomic E-state index is 0.536. The number of nitrogens with zero attached hydrogens (tertiary/aromatic N) is 1. The molecule has 3 nitrogen and oxygen atoms in total. The summed E-state index contributed by atoms with van der Waals surface area (Å²) >= 11 is 5.03. The van der Waals surface area contributed by atoms with Gasteiger partial charge in [-0.1, -0.05) is 42.5 Å². The maximum absolute atomic E-state index is 5.03. The van der Waals surface area contributed by atoms with Crippen molar-refractivity contribution in [1.29, 1.82) is 0 Å². The van der Waals surface area contributed by atoms with Gasteiger partial charge in [0, 0.05) is 12.1 Å². The molecule has 0 aliphatic carbocycles. The van der Waals surface area contributed by atoms with Gasteiger partial charge < -0.3 is 5.32 Å². The minimum Gasteiger partial charge on any atom is -0.362 e. The van der Waals surface area contributed by atoms with Crippen molar-refractivity contribution in [3.63, 3.8) is 0 Å². The summed E-state index contributed by atoms with van der Waals surface area (Å²) < 4.78 is 0. The third-order valence-corrected chi connectivity index (χ3v) is 2.77. The zero-order valence-corrected chi connectivity index (χ0v) is 11.0. The molecule has 0 aromatic heterocycles. The Bertz CT molecular complexity index is 573. The molecule has 0 amide bonds. The molecule has 0 atom stereocenters. The van der Waals surface area contributed by atoms with Crippen molar-refractivity contribution in [3.05, 3.63) is 48.0 Å². The van der Waals surface area contributed by atoms with Gasteiger partial charge >= 0.3 is 0 Å². The van der Waals surface area contributed by atoms with Crippen LogP contribution >= 0.6 is 12.2 Å². The summed E-state index contributed by atoms with van der Waals surface area (Å²) in [5, 5.41) is 10.0. The molecule has 0 saturated carbocycles. The standard InChI is InChI=1S/C14H15N3S/c1-2-15-14(18)17-16-10-12-8-5-7-11-6-3-4-9-13(11)12/h3-10H,2H2,1H3,(H2,15,17,18)/b16-10-. The van der Waals surface area contributed by atoms with Gasteiger partial charge in [0.1, 0.15) is 0 Å². The Morgan fingerprint density at radius 1 is 1.22 bits per heavy atom. The van der Waals surface area contributed by atoms with Crippen molar-refractivity contribution < 1.29 is 0 Å². The van der Waals surface area contributed by atoms with Crippen LogP contribution in [-0.4, -0.2) is 17.9 Å². The first kappa shape index (κ1) is 12.5. The summed E-state index contributed by atoms with van der Waals surface area (Å²) in [7, 11) is 0. The minimum absolute atomic E-state index is 0.536. The monoisotopic (exact) mass is 257 g/mol. The Hall–Kier alpha value is -1.94. The number of hydrazone groups is 1. The highest BCUT2D eigenvalue weighted by Gasteiger charge is 1.96. The lowest BCUT2D eigenvalue weighted by Gasteiger charge is -2.04. The first-order valence-corrected chi connectivity index (χ1v) is 6.26. The summed E-state index contributed by atoms with van der Waals surface area (Å²) in [4.78, 5) is 0. The van der Waals surface area contributed by atoms with Crippen LogP contribution in [0.15, 0.2) is 47.6 Å². The van der Waals surface area contributed by atoms with Gasteiger partial charge in [0.2, 0.25) is 0 Å². The molecule has 0 saturated heterocycles. The molecule has 2 rings (SSSR count). The van der Waals surface area contributed by atoms with Gasteiger partial charge in [0.15, 0.2) is 5.11 Å². The van der Waals surface area contributed by atoms with Gasteiger partial charge in [-0.05, 0) is 29.9 Å². The van der Waals surface area contributed by atoms with E-state index in [9.17, 15) is 0 Å². The highest BCUT2D eigenvalue weighted by molar-refractivity contribution is 7.80. The molecular formula is C14H15N3S. The fourth-order valence-electron chi connectivity index (χ4n) is 1.72. The zero-order valence-electron chi connectivity index (χ0n) is 10.2. The third-order valence-electron chi connectivity index (χ3n) is 2.53. The van der Waals surface area contributed by atoms with Crippen molar-refractivity contribution in [1.82, 2.24) is 10.7 Å². The van der Waals surface area contributed by atoms with Crippen LogP contribution in [0.25, 0.3) is 10.8 Å². The molecule has 2 aromatic carbocycles. The number of benzene rings is 2. The second kappa shape index (κ2) is 6.12. The van der Waals surface area contributed by atoms with E-state index in [0.29, 0.717) is 5.11 Å². The summed E-state index contributed by atoms with van der Waals surface area (Å²) in [5.74, 6) is 0. The van der Waals surface area contributed by atoms with E-state index in [-0.39, 0.29) is 0 Å². The lowest BCUT2D eigenvalue weighted by atomic mass is 10.1. The van der Waals surface area contributed by atoms with Crippen LogP contribution < -0.4 is 10.7 Å². The molecule has 0 bridgehead atoms. The van der Waals surface area contributed by atoms with E-state index in [0.717, 1.165) is 12.1 Å². The fourth-order valence-corrected chi connectivity index (χ4v) is 1.92. The molecule has 92 valence electrons. The first-order valence-electron chi connectivity index (χ1n) is 5.86. The molecule has 4 heteroatoms. The Morgan fingerprint density at radius 3 is 2.83 bits per heavy atom. The SMILES string of the molecule is CCNC(=S)N/N=C\c1cccc2ccccc12. The number of nitrogens with one attached hydrogen (secondary N) is 2. The Labute approximate surface area is 112 Å². The van der Waals surface area contributed by atoms with Crippen LogP contribution in [0.3, 0.4) is 0 Å². The Kier molecular flexibility index (Phi) is 4.25. The largest absolute Gasteiger partial charge is 0.362 e. The van der Waals surface area contributed by atoms with E-state index in [1.54, 1.807) is 6.21 Å². The van der Waals surface area contributed by atoms with Crippen LogP contribution in [-0.2, 0) is 0 Å². The zero-order chi connectivity index (χ0) is 12.8. The van der Waals surface area contributed by atoms with E-state index in [1.807, 2.05) is 31.2 Å². The average molecular weight is 257 g/mol. The van der Waals surface area contributed by atoms with Crippen LogP contribution in [0.5, 0.6) is 0 Å². The first-order chi connectivity index (χ1) is 8.81. The Balaban J connectivity index is 2.16. The highest BCUT2D eigenvalue weighted by Crippen LogP contribution is 2.16. The van der Waals surface area contributed by atoms with Crippen molar-refractivity contribution in [2.45, 2.75) is 6.92 Å². The van der Waals surface area contributed by atoms with E-state index >= 15 is 0 Å². The summed E-state index contributed by atoms with van der Waals surface area (Å²) in [6, 6.07) is 14.4. The van der Waals surface area contributed by atoms with E-state index < -0.39 is 0 Å².